The summed E-state index contributed by atoms with van der Waals surface area (Å²) < 4.78 is 0. The molecule has 0 heterocycles. The van der Waals surface area contributed by atoms with Crippen molar-refractivity contribution in [3.05, 3.63) is 29.8 Å². The van der Waals surface area contributed by atoms with E-state index in [1.54, 1.807) is 4.90 Å². The lowest BCUT2D eigenvalue weighted by molar-refractivity contribution is 0.0666. The lowest BCUT2D eigenvalue weighted by atomic mass is 10.1. The smallest absolute Gasteiger partial charge is 0.256 e. The van der Waals surface area contributed by atoms with Gasteiger partial charge in [-0.15, -0.1) is 0 Å². The molecule has 4 nitrogen and oxygen atoms in total. The van der Waals surface area contributed by atoms with Crippen LogP contribution in [-0.2, 0) is 0 Å². The number of nitrogens with zero attached hydrogens (tertiary/aromatic N) is 1. The van der Waals surface area contributed by atoms with Crippen LogP contribution >= 0.6 is 0 Å². The van der Waals surface area contributed by atoms with E-state index in [9.17, 15) is 4.79 Å². The summed E-state index contributed by atoms with van der Waals surface area (Å²) in [6.07, 6.45) is 1.01. The molecule has 4 heteroatoms. The van der Waals surface area contributed by atoms with Crippen molar-refractivity contribution in [1.82, 2.24) is 4.90 Å². The summed E-state index contributed by atoms with van der Waals surface area (Å²) in [4.78, 5) is 14.2. The summed E-state index contributed by atoms with van der Waals surface area (Å²) in [5, 5.41) is 12.4. The van der Waals surface area contributed by atoms with E-state index in [0.717, 1.165) is 18.7 Å². The Bertz CT molecular complexity index is 405. The zero-order chi connectivity index (χ0) is 14.3. The number of nitrogens with one attached hydrogen (secondary N) is 1. The third-order valence-electron chi connectivity index (χ3n) is 2.95. The number of aliphatic hydroxyl groups is 1. The third-order valence-corrected chi connectivity index (χ3v) is 2.95. The highest BCUT2D eigenvalue weighted by atomic mass is 16.3. The number of carbonyl (C=O) groups is 1. The number of rotatable bonds is 7. The standard InChI is InChI=1S/C15H24N2O2/c1-4-9-16-14-8-6-5-7-13(14)15(19)17(10-11-18)12(2)3/h5-8,12,16,18H,4,9-11H2,1-3H3. The van der Waals surface area contributed by atoms with Crippen molar-refractivity contribution in [3.63, 3.8) is 0 Å². The minimum absolute atomic E-state index is 0.0194. The first-order valence-corrected chi connectivity index (χ1v) is 6.86. The summed E-state index contributed by atoms with van der Waals surface area (Å²) in [5.74, 6) is -0.0387. The van der Waals surface area contributed by atoms with Gasteiger partial charge in [0.1, 0.15) is 0 Å². The van der Waals surface area contributed by atoms with Gasteiger partial charge in [0.05, 0.1) is 12.2 Å². The van der Waals surface area contributed by atoms with Gasteiger partial charge in [0.15, 0.2) is 0 Å². The van der Waals surface area contributed by atoms with Gasteiger partial charge in [-0.05, 0) is 32.4 Å². The highest BCUT2D eigenvalue weighted by Crippen LogP contribution is 2.18. The summed E-state index contributed by atoms with van der Waals surface area (Å²) >= 11 is 0. The molecule has 0 saturated heterocycles. The molecule has 0 aliphatic carbocycles. The topological polar surface area (TPSA) is 52.6 Å². The first kappa shape index (κ1) is 15.5. The number of aliphatic hydroxyl groups excluding tert-OH is 1. The minimum Gasteiger partial charge on any atom is -0.395 e. The molecular formula is C15H24N2O2. The number of hydrogen-bond acceptors (Lipinski definition) is 3. The highest BCUT2D eigenvalue weighted by molar-refractivity contribution is 5.99. The van der Waals surface area contributed by atoms with E-state index in [4.69, 9.17) is 5.11 Å². The maximum atomic E-state index is 12.5. The van der Waals surface area contributed by atoms with Crippen molar-refractivity contribution < 1.29 is 9.90 Å². The zero-order valence-corrected chi connectivity index (χ0v) is 12.0. The van der Waals surface area contributed by atoms with E-state index in [1.165, 1.54) is 0 Å². The Labute approximate surface area is 115 Å². The molecular weight excluding hydrogens is 240 g/mol. The monoisotopic (exact) mass is 264 g/mol. The highest BCUT2D eigenvalue weighted by Gasteiger charge is 2.20. The van der Waals surface area contributed by atoms with Gasteiger partial charge in [0.25, 0.3) is 5.91 Å². The van der Waals surface area contributed by atoms with Crippen LogP contribution in [0.1, 0.15) is 37.6 Å². The Morgan fingerprint density at radius 3 is 2.63 bits per heavy atom. The van der Waals surface area contributed by atoms with Gasteiger partial charge in [-0.25, -0.2) is 0 Å². The van der Waals surface area contributed by atoms with Gasteiger partial charge < -0.3 is 15.3 Å². The predicted octanol–water partition coefficient (Wildman–Crippen LogP) is 2.35. The van der Waals surface area contributed by atoms with E-state index < -0.39 is 0 Å². The lowest BCUT2D eigenvalue weighted by Gasteiger charge is -2.27. The number of carbonyl (C=O) groups excluding carboxylic acids is 1. The first-order valence-electron chi connectivity index (χ1n) is 6.86. The molecule has 0 aromatic heterocycles. The Balaban J connectivity index is 2.96. The second-order valence-corrected chi connectivity index (χ2v) is 4.79. The normalized spacial score (nSPS) is 10.6. The average molecular weight is 264 g/mol. The van der Waals surface area contributed by atoms with Crippen molar-refractivity contribution in [3.8, 4) is 0 Å². The molecule has 0 atom stereocenters. The molecule has 19 heavy (non-hydrogen) atoms. The lowest BCUT2D eigenvalue weighted by Crippen LogP contribution is -2.39. The average Bonchev–Trinajstić information content (AvgIpc) is 2.41. The molecule has 0 spiro atoms. The fraction of sp³-hybridized carbons (Fsp3) is 0.533. The molecule has 0 aliphatic rings. The fourth-order valence-electron chi connectivity index (χ4n) is 1.94. The molecule has 0 bridgehead atoms. The third kappa shape index (κ3) is 4.24. The Hall–Kier alpha value is -1.55. The summed E-state index contributed by atoms with van der Waals surface area (Å²) in [6, 6.07) is 7.59. The van der Waals surface area contributed by atoms with Gasteiger partial charge in [0.2, 0.25) is 0 Å². The number of hydrogen-bond donors (Lipinski definition) is 2. The molecule has 106 valence electrons. The maximum Gasteiger partial charge on any atom is 0.256 e. The Morgan fingerprint density at radius 1 is 1.37 bits per heavy atom. The largest absolute Gasteiger partial charge is 0.395 e. The summed E-state index contributed by atoms with van der Waals surface area (Å²) in [7, 11) is 0. The second-order valence-electron chi connectivity index (χ2n) is 4.79. The first-order chi connectivity index (χ1) is 9.11. The Morgan fingerprint density at radius 2 is 2.05 bits per heavy atom. The molecule has 1 aromatic carbocycles. The molecule has 1 aromatic rings. The van der Waals surface area contributed by atoms with Crippen molar-refractivity contribution in [2.45, 2.75) is 33.2 Å². The van der Waals surface area contributed by atoms with Crippen molar-refractivity contribution >= 4 is 11.6 Å². The van der Waals surface area contributed by atoms with E-state index in [0.29, 0.717) is 12.1 Å². The SMILES string of the molecule is CCCNc1ccccc1C(=O)N(CCO)C(C)C. The molecule has 1 amide bonds. The van der Waals surface area contributed by atoms with Gasteiger partial charge >= 0.3 is 0 Å². The van der Waals surface area contributed by atoms with Crippen LogP contribution < -0.4 is 5.32 Å². The van der Waals surface area contributed by atoms with Crippen LogP contribution in [-0.4, -0.2) is 41.7 Å². The predicted molar refractivity (Wildman–Crippen MR) is 78.5 cm³/mol. The van der Waals surface area contributed by atoms with Gasteiger partial charge in [0, 0.05) is 24.8 Å². The quantitative estimate of drug-likeness (QED) is 0.795. The number of anilines is 1. The van der Waals surface area contributed by atoms with Gasteiger partial charge in [-0.1, -0.05) is 19.1 Å². The van der Waals surface area contributed by atoms with Crippen LogP contribution in [0.2, 0.25) is 0 Å². The van der Waals surface area contributed by atoms with Crippen LogP contribution in [0.25, 0.3) is 0 Å². The van der Waals surface area contributed by atoms with Crippen LogP contribution in [0.15, 0.2) is 24.3 Å². The minimum atomic E-state index is -0.0387. The number of amides is 1. The molecule has 0 unspecified atom stereocenters. The molecule has 0 fully saturated rings. The van der Waals surface area contributed by atoms with Crippen LogP contribution in [0.3, 0.4) is 0 Å². The van der Waals surface area contributed by atoms with Crippen molar-refractivity contribution in [2.75, 3.05) is 25.0 Å². The fourth-order valence-corrected chi connectivity index (χ4v) is 1.94. The molecule has 0 aliphatic heterocycles. The van der Waals surface area contributed by atoms with Crippen LogP contribution in [0.5, 0.6) is 0 Å². The molecule has 0 radical (unpaired) electrons. The molecule has 2 N–H and O–H groups in total. The van der Waals surface area contributed by atoms with Crippen molar-refractivity contribution in [1.29, 1.82) is 0 Å². The van der Waals surface area contributed by atoms with Crippen LogP contribution in [0, 0.1) is 0 Å². The van der Waals surface area contributed by atoms with E-state index in [-0.39, 0.29) is 18.6 Å². The van der Waals surface area contributed by atoms with Crippen LogP contribution in [0.4, 0.5) is 5.69 Å². The van der Waals surface area contributed by atoms with Gasteiger partial charge in [-0.3, -0.25) is 4.79 Å². The van der Waals surface area contributed by atoms with Crippen molar-refractivity contribution in [2.24, 2.45) is 0 Å². The van der Waals surface area contributed by atoms with E-state index in [1.807, 2.05) is 38.1 Å². The summed E-state index contributed by atoms with van der Waals surface area (Å²) in [5.41, 5.74) is 1.52. The van der Waals surface area contributed by atoms with E-state index >= 15 is 0 Å². The number of benzene rings is 1. The molecule has 1 rings (SSSR count). The Kier molecular flexibility index (Phi) is 6.36. The molecule has 0 saturated carbocycles. The zero-order valence-electron chi connectivity index (χ0n) is 12.0. The van der Waals surface area contributed by atoms with Gasteiger partial charge in [-0.2, -0.15) is 0 Å². The maximum absolute atomic E-state index is 12.5. The second kappa shape index (κ2) is 7.79. The summed E-state index contributed by atoms with van der Waals surface area (Å²) in [6.45, 7) is 7.17. The van der Waals surface area contributed by atoms with E-state index in [2.05, 4.69) is 12.2 Å². The number of para-hydroxylation sites is 1.